The summed E-state index contributed by atoms with van der Waals surface area (Å²) in [6.45, 7) is 5.14. The highest BCUT2D eigenvalue weighted by Gasteiger charge is 2.39. The lowest BCUT2D eigenvalue weighted by Crippen LogP contribution is -2.24. The molecule has 0 saturated carbocycles. The van der Waals surface area contributed by atoms with Crippen LogP contribution in [0.1, 0.15) is 32.0 Å². The van der Waals surface area contributed by atoms with E-state index in [1.165, 1.54) is 0 Å². The molecule has 92 valence electrons. The van der Waals surface area contributed by atoms with Crippen molar-refractivity contribution in [3.05, 3.63) is 16.4 Å². The zero-order valence-corrected chi connectivity index (χ0v) is 10.5. The maximum atomic E-state index is 12.6. The number of aromatic nitrogens is 2. The Morgan fingerprint density at radius 2 is 1.75 bits per heavy atom. The van der Waals surface area contributed by atoms with Crippen LogP contribution in [0.15, 0.2) is 0 Å². The number of rotatable bonds is 1. The predicted molar refractivity (Wildman–Crippen MR) is 56.8 cm³/mol. The van der Waals surface area contributed by atoms with Crippen molar-refractivity contribution in [2.45, 2.75) is 38.4 Å². The Kier molecular flexibility index (Phi) is 3.50. The first-order valence-electron chi connectivity index (χ1n) is 4.50. The highest BCUT2D eigenvalue weighted by molar-refractivity contribution is 6.31. The van der Waals surface area contributed by atoms with Crippen molar-refractivity contribution in [1.82, 2.24) is 9.78 Å². The molecular formula is C9H11Cl2F3N2. The highest BCUT2D eigenvalue weighted by Crippen LogP contribution is 2.37. The van der Waals surface area contributed by atoms with Gasteiger partial charge in [-0.05, 0) is 20.8 Å². The summed E-state index contributed by atoms with van der Waals surface area (Å²) in [6.07, 6.45) is -4.54. The third-order valence-electron chi connectivity index (χ3n) is 1.96. The zero-order chi connectivity index (χ0) is 12.7. The summed E-state index contributed by atoms with van der Waals surface area (Å²) in [6, 6.07) is 0. The van der Waals surface area contributed by atoms with E-state index in [-0.39, 0.29) is 16.6 Å². The fraction of sp³-hybridized carbons (Fsp3) is 0.667. The lowest BCUT2D eigenvalue weighted by molar-refractivity contribution is -0.142. The van der Waals surface area contributed by atoms with Crippen LogP contribution < -0.4 is 0 Å². The molecule has 0 atom stereocenters. The van der Waals surface area contributed by atoms with Gasteiger partial charge in [0.1, 0.15) is 5.15 Å². The van der Waals surface area contributed by atoms with Crippen LogP contribution in [0.5, 0.6) is 0 Å². The standard InChI is InChI=1S/C9H11Cl2F3N2/c1-8(2,3)16-7(11)5(4-10)6(15-16)9(12,13)14/h4H2,1-3H3. The van der Waals surface area contributed by atoms with E-state index in [9.17, 15) is 13.2 Å². The van der Waals surface area contributed by atoms with Gasteiger partial charge in [0.15, 0.2) is 5.69 Å². The van der Waals surface area contributed by atoms with Gasteiger partial charge in [-0.3, -0.25) is 0 Å². The van der Waals surface area contributed by atoms with Crippen LogP contribution in [-0.4, -0.2) is 9.78 Å². The summed E-state index contributed by atoms with van der Waals surface area (Å²) < 4.78 is 39.0. The summed E-state index contributed by atoms with van der Waals surface area (Å²) in [5.41, 5.74) is -1.81. The first-order chi connectivity index (χ1) is 7.09. The fourth-order valence-corrected chi connectivity index (χ4v) is 1.99. The monoisotopic (exact) mass is 274 g/mol. The summed E-state index contributed by atoms with van der Waals surface area (Å²) >= 11 is 11.3. The van der Waals surface area contributed by atoms with E-state index in [0.29, 0.717) is 0 Å². The Hall–Kier alpha value is -0.420. The number of nitrogens with zero attached hydrogens (tertiary/aromatic N) is 2. The molecule has 0 fully saturated rings. The lowest BCUT2D eigenvalue weighted by atomic mass is 10.1. The summed E-state index contributed by atoms with van der Waals surface area (Å²) in [4.78, 5) is 0. The van der Waals surface area contributed by atoms with Gasteiger partial charge in [-0.15, -0.1) is 11.6 Å². The van der Waals surface area contributed by atoms with Crippen molar-refractivity contribution in [1.29, 1.82) is 0 Å². The minimum atomic E-state index is -4.54. The number of alkyl halides is 4. The molecule has 0 saturated heterocycles. The second-order valence-corrected chi connectivity index (χ2v) is 4.96. The van der Waals surface area contributed by atoms with E-state index in [2.05, 4.69) is 5.10 Å². The Labute approximate surface area is 101 Å². The van der Waals surface area contributed by atoms with Gasteiger partial charge in [0, 0.05) is 5.56 Å². The third-order valence-corrected chi connectivity index (χ3v) is 2.61. The SMILES string of the molecule is CC(C)(C)n1nc(C(F)(F)F)c(CCl)c1Cl. The second-order valence-electron chi connectivity index (χ2n) is 4.33. The van der Waals surface area contributed by atoms with Crippen molar-refractivity contribution in [3.63, 3.8) is 0 Å². The van der Waals surface area contributed by atoms with Gasteiger partial charge in [0.05, 0.1) is 11.4 Å². The van der Waals surface area contributed by atoms with Gasteiger partial charge in [-0.2, -0.15) is 18.3 Å². The van der Waals surface area contributed by atoms with Gasteiger partial charge in [0.25, 0.3) is 0 Å². The third kappa shape index (κ3) is 2.46. The minimum Gasteiger partial charge on any atom is -0.248 e. The quantitative estimate of drug-likeness (QED) is 0.707. The number of hydrogen-bond acceptors (Lipinski definition) is 1. The number of hydrogen-bond donors (Lipinski definition) is 0. The average molecular weight is 275 g/mol. The molecule has 1 aromatic heterocycles. The van der Waals surface area contributed by atoms with Gasteiger partial charge in [-0.25, -0.2) is 4.68 Å². The molecule has 0 aliphatic heterocycles. The maximum absolute atomic E-state index is 12.6. The molecule has 0 aliphatic rings. The molecule has 16 heavy (non-hydrogen) atoms. The Balaban J connectivity index is 3.44. The molecule has 0 amide bonds. The Bertz CT molecular complexity index is 391. The average Bonchev–Trinajstić information content (AvgIpc) is 2.40. The topological polar surface area (TPSA) is 17.8 Å². The zero-order valence-electron chi connectivity index (χ0n) is 8.99. The normalized spacial score (nSPS) is 13.2. The van der Waals surface area contributed by atoms with Crippen LogP contribution in [-0.2, 0) is 17.6 Å². The van der Waals surface area contributed by atoms with E-state index in [1.807, 2.05) is 0 Å². The molecule has 2 nitrogen and oxygen atoms in total. The smallest absolute Gasteiger partial charge is 0.248 e. The van der Waals surface area contributed by atoms with Crippen molar-refractivity contribution < 1.29 is 13.2 Å². The first-order valence-corrected chi connectivity index (χ1v) is 5.41. The molecular weight excluding hydrogens is 264 g/mol. The van der Waals surface area contributed by atoms with Crippen LogP contribution in [0.2, 0.25) is 5.15 Å². The molecule has 0 bridgehead atoms. The summed E-state index contributed by atoms with van der Waals surface area (Å²) in [7, 11) is 0. The van der Waals surface area contributed by atoms with Gasteiger partial charge in [-0.1, -0.05) is 11.6 Å². The summed E-state index contributed by atoms with van der Waals surface area (Å²) in [5.74, 6) is -0.316. The molecule has 1 aromatic rings. The molecule has 1 rings (SSSR count). The van der Waals surface area contributed by atoms with Crippen LogP contribution in [0, 0.1) is 0 Å². The first kappa shape index (κ1) is 13.6. The molecule has 0 aromatic carbocycles. The van der Waals surface area contributed by atoms with E-state index in [1.54, 1.807) is 20.8 Å². The van der Waals surface area contributed by atoms with Crippen LogP contribution in [0.25, 0.3) is 0 Å². The highest BCUT2D eigenvalue weighted by atomic mass is 35.5. The van der Waals surface area contributed by atoms with Crippen molar-refractivity contribution >= 4 is 23.2 Å². The molecule has 0 radical (unpaired) electrons. The Morgan fingerprint density at radius 1 is 1.25 bits per heavy atom. The molecule has 0 N–H and O–H groups in total. The van der Waals surface area contributed by atoms with E-state index in [4.69, 9.17) is 23.2 Å². The lowest BCUT2D eigenvalue weighted by Gasteiger charge is -2.20. The number of halogens is 5. The van der Waals surface area contributed by atoms with Gasteiger partial charge < -0.3 is 0 Å². The predicted octanol–water partition coefficient (Wildman–Crippen LogP) is 4.05. The van der Waals surface area contributed by atoms with Gasteiger partial charge >= 0.3 is 6.18 Å². The van der Waals surface area contributed by atoms with Crippen LogP contribution in [0.3, 0.4) is 0 Å². The molecule has 0 unspecified atom stereocenters. The van der Waals surface area contributed by atoms with Crippen molar-refractivity contribution in [2.75, 3.05) is 0 Å². The molecule has 0 aliphatic carbocycles. The van der Waals surface area contributed by atoms with Gasteiger partial charge in [0.2, 0.25) is 0 Å². The van der Waals surface area contributed by atoms with E-state index >= 15 is 0 Å². The van der Waals surface area contributed by atoms with Crippen molar-refractivity contribution in [3.8, 4) is 0 Å². The van der Waals surface area contributed by atoms with Crippen LogP contribution >= 0.6 is 23.2 Å². The fourth-order valence-electron chi connectivity index (χ4n) is 1.22. The summed E-state index contributed by atoms with van der Waals surface area (Å²) in [5, 5.41) is 3.44. The minimum absolute atomic E-state index is 0.0603. The van der Waals surface area contributed by atoms with Crippen LogP contribution in [0.4, 0.5) is 13.2 Å². The molecule has 7 heteroatoms. The van der Waals surface area contributed by atoms with E-state index < -0.39 is 17.4 Å². The molecule has 0 spiro atoms. The van der Waals surface area contributed by atoms with E-state index in [0.717, 1.165) is 4.68 Å². The molecule has 1 heterocycles. The maximum Gasteiger partial charge on any atom is 0.435 e. The van der Waals surface area contributed by atoms with Crippen molar-refractivity contribution in [2.24, 2.45) is 0 Å². The Morgan fingerprint density at radius 3 is 2.00 bits per heavy atom. The largest absolute Gasteiger partial charge is 0.435 e. The second kappa shape index (κ2) is 4.11.